The Hall–Kier alpha value is -1.11. The number of likely N-dealkylation sites (N-methyl/N-ethyl adjacent to an activating group) is 1. The lowest BCUT2D eigenvalue weighted by atomic mass is 9.85. The van der Waals surface area contributed by atoms with Gasteiger partial charge in [0.05, 0.1) is 20.3 Å². The third-order valence-electron chi connectivity index (χ3n) is 5.73. The first-order valence-corrected chi connectivity index (χ1v) is 10.6. The maximum absolute atomic E-state index is 13.0. The number of methoxy groups -OCH3 is 2. The summed E-state index contributed by atoms with van der Waals surface area (Å²) < 4.78 is 10.8. The molecule has 1 amide bonds. The van der Waals surface area contributed by atoms with E-state index in [4.69, 9.17) is 9.47 Å². The van der Waals surface area contributed by atoms with Crippen LogP contribution in [-0.4, -0.2) is 50.4 Å². The van der Waals surface area contributed by atoms with Crippen LogP contribution in [0.4, 0.5) is 0 Å². The van der Waals surface area contributed by atoms with Crippen LogP contribution in [0.25, 0.3) is 0 Å². The summed E-state index contributed by atoms with van der Waals surface area (Å²) in [5.41, 5.74) is 1.08. The van der Waals surface area contributed by atoms with Crippen LogP contribution in [-0.2, 0) is 11.3 Å². The number of fused-ring (bicyclic) bond motifs is 1. The molecule has 3 unspecified atom stereocenters. The van der Waals surface area contributed by atoms with Crippen LogP contribution in [0.5, 0.6) is 11.5 Å². The third kappa shape index (κ3) is 4.84. The Morgan fingerprint density at radius 3 is 2.52 bits per heavy atom. The van der Waals surface area contributed by atoms with E-state index in [0.717, 1.165) is 22.6 Å². The number of nitrogens with zero attached hydrogens (tertiary/aromatic N) is 1. The van der Waals surface area contributed by atoms with Crippen molar-refractivity contribution in [2.24, 2.45) is 5.92 Å². The maximum Gasteiger partial charge on any atom is 0.239 e. The highest BCUT2D eigenvalue weighted by Gasteiger charge is 2.39. The molecule has 1 N–H and O–H groups in total. The van der Waals surface area contributed by atoms with Crippen molar-refractivity contribution in [2.75, 3.05) is 27.5 Å². The number of thioether (sulfide) groups is 1. The molecule has 1 heterocycles. The minimum atomic E-state index is -0.0361. The highest BCUT2D eigenvalue weighted by Crippen LogP contribution is 2.36. The molecule has 0 radical (unpaired) electrons. The van der Waals surface area contributed by atoms with E-state index < -0.39 is 0 Å². The Kier molecular flexibility index (Phi) is 8.13. The number of halogens is 1. The van der Waals surface area contributed by atoms with Crippen molar-refractivity contribution in [3.8, 4) is 11.5 Å². The van der Waals surface area contributed by atoms with E-state index >= 15 is 0 Å². The lowest BCUT2D eigenvalue weighted by Gasteiger charge is -2.24. The topological polar surface area (TPSA) is 50.8 Å². The van der Waals surface area contributed by atoms with Crippen molar-refractivity contribution in [1.82, 2.24) is 10.2 Å². The molecule has 1 aliphatic carbocycles. The molecule has 0 aromatic heterocycles. The quantitative estimate of drug-likeness (QED) is 0.719. The minimum Gasteiger partial charge on any atom is -0.493 e. The number of rotatable bonds is 6. The second kappa shape index (κ2) is 9.89. The van der Waals surface area contributed by atoms with Crippen LogP contribution in [0, 0.1) is 5.92 Å². The maximum atomic E-state index is 13.0. The lowest BCUT2D eigenvalue weighted by Crippen LogP contribution is -2.43. The summed E-state index contributed by atoms with van der Waals surface area (Å²) in [6, 6.07) is 4.47. The molecule has 5 nitrogen and oxygen atoms in total. The van der Waals surface area contributed by atoms with Crippen molar-refractivity contribution in [3.63, 3.8) is 0 Å². The highest BCUT2D eigenvalue weighted by molar-refractivity contribution is 7.98. The van der Waals surface area contributed by atoms with Crippen molar-refractivity contribution in [3.05, 3.63) is 17.7 Å². The summed E-state index contributed by atoms with van der Waals surface area (Å²) in [4.78, 5) is 15.9. The summed E-state index contributed by atoms with van der Waals surface area (Å²) in [5.74, 6) is 2.29. The van der Waals surface area contributed by atoms with Crippen LogP contribution in [0.2, 0.25) is 0 Å². The van der Waals surface area contributed by atoms with Crippen LogP contribution in [0.15, 0.2) is 17.0 Å². The van der Waals surface area contributed by atoms with Gasteiger partial charge in [-0.15, -0.1) is 24.2 Å². The van der Waals surface area contributed by atoms with Crippen LogP contribution in [0.3, 0.4) is 0 Å². The summed E-state index contributed by atoms with van der Waals surface area (Å²) in [6.07, 6.45) is 8.09. The third-order valence-corrected chi connectivity index (χ3v) is 6.55. The number of amides is 1. The van der Waals surface area contributed by atoms with Crippen molar-refractivity contribution in [2.45, 2.75) is 55.6 Å². The summed E-state index contributed by atoms with van der Waals surface area (Å²) in [5, 5.41) is 3.59. The average molecular weight is 415 g/mol. The van der Waals surface area contributed by atoms with Gasteiger partial charge < -0.3 is 19.7 Å². The number of carbonyl (C=O) groups is 1. The first-order valence-electron chi connectivity index (χ1n) is 9.37. The fourth-order valence-electron chi connectivity index (χ4n) is 4.33. The molecule has 0 bridgehead atoms. The fraction of sp³-hybridized carbons (Fsp3) is 0.650. The molecule has 0 spiro atoms. The smallest absolute Gasteiger partial charge is 0.239 e. The number of carbonyl (C=O) groups excluding carboxylic acids is 1. The zero-order valence-electron chi connectivity index (χ0n) is 16.6. The van der Waals surface area contributed by atoms with Gasteiger partial charge in [0.15, 0.2) is 11.5 Å². The zero-order valence-corrected chi connectivity index (χ0v) is 18.3. The monoisotopic (exact) mass is 414 g/mol. The molecule has 1 saturated carbocycles. The van der Waals surface area contributed by atoms with Gasteiger partial charge in [0.2, 0.25) is 5.91 Å². The SMILES string of the molecule is COc1cc(CN(C)C(=O)C2CC3CCCCC3N2)c(SC)cc1OC.Cl. The van der Waals surface area contributed by atoms with E-state index in [1.165, 1.54) is 25.7 Å². The van der Waals surface area contributed by atoms with E-state index in [0.29, 0.717) is 24.3 Å². The van der Waals surface area contributed by atoms with E-state index in [1.807, 2.05) is 30.3 Å². The summed E-state index contributed by atoms with van der Waals surface area (Å²) in [7, 11) is 5.18. The number of hydrogen-bond acceptors (Lipinski definition) is 5. The molecule has 27 heavy (non-hydrogen) atoms. The second-order valence-corrected chi connectivity index (χ2v) is 8.17. The molecule has 2 fully saturated rings. The van der Waals surface area contributed by atoms with Crippen LogP contribution in [0.1, 0.15) is 37.7 Å². The average Bonchev–Trinajstić information content (AvgIpc) is 3.11. The van der Waals surface area contributed by atoms with E-state index in [2.05, 4.69) is 5.32 Å². The van der Waals surface area contributed by atoms with Gasteiger partial charge in [-0.1, -0.05) is 12.8 Å². The van der Waals surface area contributed by atoms with Gasteiger partial charge in [-0.2, -0.15) is 0 Å². The Morgan fingerprint density at radius 1 is 1.22 bits per heavy atom. The van der Waals surface area contributed by atoms with E-state index in [-0.39, 0.29) is 24.4 Å². The highest BCUT2D eigenvalue weighted by atomic mass is 35.5. The van der Waals surface area contributed by atoms with E-state index in [9.17, 15) is 4.79 Å². The first-order chi connectivity index (χ1) is 12.6. The molecule has 2 aliphatic rings. The molecule has 1 aromatic carbocycles. The predicted molar refractivity (Wildman–Crippen MR) is 112 cm³/mol. The Bertz CT molecular complexity index is 644. The second-order valence-electron chi connectivity index (χ2n) is 7.32. The number of hydrogen-bond donors (Lipinski definition) is 1. The van der Waals surface area contributed by atoms with Crippen molar-refractivity contribution >= 4 is 30.1 Å². The molecular formula is C20H31ClN2O3S. The molecule has 3 rings (SSSR count). The summed E-state index contributed by atoms with van der Waals surface area (Å²) in [6.45, 7) is 0.572. The van der Waals surface area contributed by atoms with Crippen LogP contribution >= 0.6 is 24.2 Å². The zero-order chi connectivity index (χ0) is 18.7. The van der Waals surface area contributed by atoms with Gasteiger partial charge in [-0.05, 0) is 49.1 Å². The standard InChI is InChI=1S/C20H30N2O3S.ClH/c1-22(20(23)16-9-13-7-5-6-8-15(13)21-16)12-14-10-17(24-2)18(25-3)11-19(14)26-4;/h10-11,13,15-16,21H,5-9,12H2,1-4H3;1H. The van der Waals surface area contributed by atoms with Gasteiger partial charge >= 0.3 is 0 Å². The number of ether oxygens (including phenoxy) is 2. The van der Waals surface area contributed by atoms with Gasteiger partial charge in [0.1, 0.15) is 0 Å². The van der Waals surface area contributed by atoms with Gasteiger partial charge in [0, 0.05) is 24.5 Å². The van der Waals surface area contributed by atoms with Gasteiger partial charge in [-0.25, -0.2) is 0 Å². The molecule has 7 heteroatoms. The number of benzene rings is 1. The molecule has 1 aromatic rings. The molecule has 3 atom stereocenters. The normalized spacial score (nSPS) is 23.9. The Morgan fingerprint density at radius 2 is 1.89 bits per heavy atom. The predicted octanol–water partition coefficient (Wildman–Crippen LogP) is 3.73. The van der Waals surface area contributed by atoms with Gasteiger partial charge in [-0.3, -0.25) is 4.79 Å². The van der Waals surface area contributed by atoms with E-state index in [1.54, 1.807) is 26.0 Å². The molecule has 152 valence electrons. The van der Waals surface area contributed by atoms with Crippen molar-refractivity contribution in [1.29, 1.82) is 0 Å². The molecule has 1 aliphatic heterocycles. The Labute approximate surface area is 173 Å². The largest absolute Gasteiger partial charge is 0.493 e. The lowest BCUT2D eigenvalue weighted by molar-refractivity contribution is -0.132. The summed E-state index contributed by atoms with van der Waals surface area (Å²) >= 11 is 1.66. The molecule has 1 saturated heterocycles. The minimum absolute atomic E-state index is 0. The first kappa shape index (κ1) is 22.2. The van der Waals surface area contributed by atoms with Gasteiger partial charge in [0.25, 0.3) is 0 Å². The van der Waals surface area contributed by atoms with Crippen molar-refractivity contribution < 1.29 is 14.3 Å². The fourth-order valence-corrected chi connectivity index (χ4v) is 4.94. The number of nitrogens with one attached hydrogen (secondary N) is 1. The Balaban J connectivity index is 0.00000261. The molecular weight excluding hydrogens is 384 g/mol. The van der Waals surface area contributed by atoms with Crippen LogP contribution < -0.4 is 14.8 Å².